The molecule has 0 aromatic carbocycles. The van der Waals surface area contributed by atoms with Crippen molar-refractivity contribution in [3.8, 4) is 0 Å². The Hall–Kier alpha value is -1.52. The van der Waals surface area contributed by atoms with Gasteiger partial charge in [0.1, 0.15) is 25.1 Å². The topological polar surface area (TPSA) is 123 Å². The van der Waals surface area contributed by atoms with Gasteiger partial charge in [0, 0.05) is 19.4 Å². The summed E-state index contributed by atoms with van der Waals surface area (Å²) < 4.78 is 16.2. The van der Waals surface area contributed by atoms with E-state index < -0.39 is 35.8 Å². The van der Waals surface area contributed by atoms with Gasteiger partial charge in [-0.1, -0.05) is 0 Å². The molecule has 1 aliphatic rings. The zero-order valence-corrected chi connectivity index (χ0v) is 10.8. The predicted octanol–water partition coefficient (Wildman–Crippen LogP) is -2.22. The second-order valence-corrected chi connectivity index (χ2v) is 4.34. The Morgan fingerprint density at radius 1 is 1.40 bits per heavy atom. The zero-order chi connectivity index (χ0) is 14.7. The Bertz CT molecular complexity index is 554. The third kappa shape index (κ3) is 2.97. The maximum Gasteiger partial charge on any atom is 0.330 e. The van der Waals surface area contributed by atoms with E-state index in [-0.39, 0.29) is 13.4 Å². The van der Waals surface area contributed by atoms with Crippen LogP contribution in [0.1, 0.15) is 6.23 Å². The number of nitrogens with zero attached hydrogens (tertiary/aromatic N) is 1. The maximum absolute atomic E-state index is 11.6. The van der Waals surface area contributed by atoms with Gasteiger partial charge in [-0.25, -0.2) is 4.79 Å². The van der Waals surface area contributed by atoms with Gasteiger partial charge in [-0.2, -0.15) is 0 Å². The van der Waals surface area contributed by atoms with Crippen molar-refractivity contribution in [2.75, 3.05) is 20.5 Å². The number of hydrogen-bond acceptors (Lipinski definition) is 7. The molecule has 1 aromatic rings. The van der Waals surface area contributed by atoms with Crippen LogP contribution in [0.4, 0.5) is 0 Å². The standard InChI is InChI=1S/C11H16N2O7/c1-18-5-19-4-6-8(15)9(16)10(20-6)13-3-2-7(14)12-11(13)17/h2-3,6,8-10,15-16H,4-5H2,1H3,(H,12,14,17)/t6-,8-,9-,10-/m1/s1. The van der Waals surface area contributed by atoms with Crippen LogP contribution in [-0.4, -0.2) is 58.6 Å². The van der Waals surface area contributed by atoms with E-state index in [4.69, 9.17) is 14.2 Å². The zero-order valence-electron chi connectivity index (χ0n) is 10.8. The van der Waals surface area contributed by atoms with Crippen LogP contribution in [0.5, 0.6) is 0 Å². The quantitative estimate of drug-likeness (QED) is 0.414. The number of rotatable bonds is 5. The summed E-state index contributed by atoms with van der Waals surface area (Å²) >= 11 is 0. The molecule has 9 nitrogen and oxygen atoms in total. The lowest BCUT2D eigenvalue weighted by molar-refractivity contribution is -0.103. The minimum atomic E-state index is -1.31. The molecule has 1 fully saturated rings. The number of H-pyrrole nitrogens is 1. The minimum absolute atomic E-state index is 0.000665. The van der Waals surface area contributed by atoms with Crippen molar-refractivity contribution in [2.24, 2.45) is 0 Å². The molecule has 1 saturated heterocycles. The van der Waals surface area contributed by atoms with Crippen molar-refractivity contribution in [2.45, 2.75) is 24.5 Å². The third-order valence-corrected chi connectivity index (χ3v) is 2.95. The van der Waals surface area contributed by atoms with Crippen LogP contribution in [0.3, 0.4) is 0 Å². The summed E-state index contributed by atoms with van der Waals surface area (Å²) in [6.07, 6.45) is -3.22. The van der Waals surface area contributed by atoms with Crippen LogP contribution in [0.2, 0.25) is 0 Å². The van der Waals surface area contributed by atoms with E-state index in [0.29, 0.717) is 0 Å². The molecule has 2 heterocycles. The van der Waals surface area contributed by atoms with Crippen LogP contribution >= 0.6 is 0 Å². The number of methoxy groups -OCH3 is 1. The Labute approximate surface area is 113 Å². The SMILES string of the molecule is COCOC[C@H]1O[C@@H](n2ccc(=O)[nH]c2=O)[C@H](O)[C@@H]1O. The number of aromatic nitrogens is 2. The molecular formula is C11H16N2O7. The first-order chi connectivity index (χ1) is 9.54. The predicted molar refractivity (Wildman–Crippen MR) is 65.1 cm³/mol. The second-order valence-electron chi connectivity index (χ2n) is 4.34. The highest BCUT2D eigenvalue weighted by atomic mass is 16.7. The van der Waals surface area contributed by atoms with Crippen LogP contribution in [0.15, 0.2) is 21.9 Å². The third-order valence-electron chi connectivity index (χ3n) is 2.95. The lowest BCUT2D eigenvalue weighted by Crippen LogP contribution is -2.37. The second kappa shape index (κ2) is 6.29. The normalized spacial score (nSPS) is 29.8. The molecule has 0 spiro atoms. The van der Waals surface area contributed by atoms with Gasteiger partial charge in [0.2, 0.25) is 0 Å². The van der Waals surface area contributed by atoms with Gasteiger partial charge in [0.05, 0.1) is 6.61 Å². The molecular weight excluding hydrogens is 272 g/mol. The lowest BCUT2D eigenvalue weighted by atomic mass is 10.1. The summed E-state index contributed by atoms with van der Waals surface area (Å²) in [4.78, 5) is 24.7. The van der Waals surface area contributed by atoms with Crippen molar-refractivity contribution < 1.29 is 24.4 Å². The summed E-state index contributed by atoms with van der Waals surface area (Å²) in [7, 11) is 1.45. The van der Waals surface area contributed by atoms with Gasteiger partial charge in [-0.05, 0) is 0 Å². The lowest BCUT2D eigenvalue weighted by Gasteiger charge is -2.16. The molecule has 20 heavy (non-hydrogen) atoms. The Kier molecular flexibility index (Phi) is 4.68. The fourth-order valence-corrected chi connectivity index (χ4v) is 1.97. The first kappa shape index (κ1) is 14.9. The molecule has 2 rings (SSSR count). The molecule has 9 heteroatoms. The summed E-state index contributed by atoms with van der Waals surface area (Å²) in [6.45, 7) is 0.0205. The monoisotopic (exact) mass is 288 g/mol. The molecule has 0 amide bonds. The number of nitrogens with one attached hydrogen (secondary N) is 1. The van der Waals surface area contributed by atoms with E-state index in [1.165, 1.54) is 13.3 Å². The van der Waals surface area contributed by atoms with Crippen molar-refractivity contribution in [3.05, 3.63) is 33.1 Å². The fraction of sp³-hybridized carbons (Fsp3) is 0.636. The van der Waals surface area contributed by atoms with Crippen molar-refractivity contribution in [1.29, 1.82) is 0 Å². The molecule has 0 bridgehead atoms. The number of ether oxygens (including phenoxy) is 3. The number of hydrogen-bond donors (Lipinski definition) is 3. The van der Waals surface area contributed by atoms with Crippen molar-refractivity contribution in [1.82, 2.24) is 9.55 Å². The summed E-state index contributed by atoms with van der Waals surface area (Å²) in [5, 5.41) is 19.8. The molecule has 0 radical (unpaired) electrons. The fourth-order valence-electron chi connectivity index (χ4n) is 1.97. The smallest absolute Gasteiger partial charge is 0.330 e. The van der Waals surface area contributed by atoms with E-state index in [1.807, 2.05) is 4.98 Å². The molecule has 0 saturated carbocycles. The number of aromatic amines is 1. The number of aliphatic hydroxyl groups excluding tert-OH is 2. The van der Waals surface area contributed by atoms with Gasteiger partial charge >= 0.3 is 5.69 Å². The Morgan fingerprint density at radius 3 is 2.80 bits per heavy atom. The first-order valence-electron chi connectivity index (χ1n) is 5.94. The average Bonchev–Trinajstić information content (AvgIpc) is 2.68. The van der Waals surface area contributed by atoms with Gasteiger partial charge < -0.3 is 24.4 Å². The molecule has 0 unspecified atom stereocenters. The van der Waals surface area contributed by atoms with Crippen LogP contribution < -0.4 is 11.2 Å². The van der Waals surface area contributed by atoms with Gasteiger partial charge in [-0.15, -0.1) is 0 Å². The van der Waals surface area contributed by atoms with Crippen LogP contribution in [-0.2, 0) is 14.2 Å². The van der Waals surface area contributed by atoms with Crippen molar-refractivity contribution in [3.63, 3.8) is 0 Å². The van der Waals surface area contributed by atoms with Crippen LogP contribution in [0.25, 0.3) is 0 Å². The molecule has 4 atom stereocenters. The van der Waals surface area contributed by atoms with E-state index in [2.05, 4.69) is 0 Å². The molecule has 0 aliphatic carbocycles. The van der Waals surface area contributed by atoms with E-state index >= 15 is 0 Å². The minimum Gasteiger partial charge on any atom is -0.387 e. The first-order valence-corrected chi connectivity index (χ1v) is 5.94. The average molecular weight is 288 g/mol. The summed E-state index contributed by atoms with van der Waals surface area (Å²) in [5.74, 6) is 0. The van der Waals surface area contributed by atoms with Gasteiger partial charge in [-0.3, -0.25) is 14.3 Å². The van der Waals surface area contributed by atoms with Gasteiger partial charge in [0.25, 0.3) is 5.56 Å². The molecule has 1 aromatic heterocycles. The Balaban J connectivity index is 2.13. The van der Waals surface area contributed by atoms with Gasteiger partial charge in [0.15, 0.2) is 6.23 Å². The largest absolute Gasteiger partial charge is 0.387 e. The highest BCUT2D eigenvalue weighted by Gasteiger charge is 2.44. The Morgan fingerprint density at radius 2 is 2.15 bits per heavy atom. The number of aliphatic hydroxyl groups is 2. The molecule has 1 aliphatic heterocycles. The highest BCUT2D eigenvalue weighted by Crippen LogP contribution is 2.28. The van der Waals surface area contributed by atoms with Crippen molar-refractivity contribution >= 4 is 0 Å². The van der Waals surface area contributed by atoms with Crippen LogP contribution in [0, 0.1) is 0 Å². The molecule has 3 N–H and O–H groups in total. The van der Waals surface area contributed by atoms with E-state index in [9.17, 15) is 19.8 Å². The highest BCUT2D eigenvalue weighted by molar-refractivity contribution is 4.93. The summed E-state index contributed by atoms with van der Waals surface area (Å²) in [5.41, 5.74) is -1.29. The molecule has 112 valence electrons. The van der Waals surface area contributed by atoms with E-state index in [1.54, 1.807) is 0 Å². The summed E-state index contributed by atoms with van der Waals surface area (Å²) in [6, 6.07) is 1.12. The maximum atomic E-state index is 11.6. The van der Waals surface area contributed by atoms with E-state index in [0.717, 1.165) is 10.6 Å².